The second-order valence-electron chi connectivity index (χ2n) is 5.66. The van der Waals surface area contributed by atoms with E-state index in [-0.39, 0.29) is 18.6 Å². The van der Waals surface area contributed by atoms with E-state index in [2.05, 4.69) is 5.32 Å². The third-order valence-corrected chi connectivity index (χ3v) is 3.87. The minimum Gasteiger partial charge on any atom is -0.497 e. The van der Waals surface area contributed by atoms with Crippen molar-refractivity contribution in [2.24, 2.45) is 0 Å². The third kappa shape index (κ3) is 4.35. The van der Waals surface area contributed by atoms with E-state index in [0.717, 1.165) is 17.1 Å². The maximum Gasteiger partial charge on any atom is 0.258 e. The van der Waals surface area contributed by atoms with E-state index in [1.165, 1.54) is 0 Å². The van der Waals surface area contributed by atoms with Gasteiger partial charge in [-0.25, -0.2) is 0 Å². The number of benzene rings is 2. The second kappa shape index (κ2) is 7.79. The average Bonchev–Trinajstić information content (AvgIpc) is 2.66. The molecular weight excluding hydrogens is 322 g/mol. The first-order chi connectivity index (χ1) is 12.2. The molecule has 25 heavy (non-hydrogen) atoms. The number of fused-ring (bicyclic) bond motifs is 1. The largest absolute Gasteiger partial charge is 0.497 e. The number of nitrogens with one attached hydrogen (secondary N) is 1. The molecule has 0 spiro atoms. The van der Waals surface area contributed by atoms with Gasteiger partial charge in [0.2, 0.25) is 0 Å². The van der Waals surface area contributed by atoms with Gasteiger partial charge in [0.25, 0.3) is 5.91 Å². The molecule has 0 radical (unpaired) electrons. The predicted molar refractivity (Wildman–Crippen MR) is 92.5 cm³/mol. The summed E-state index contributed by atoms with van der Waals surface area (Å²) in [5.74, 6) is 2.60. The maximum atomic E-state index is 12.1. The molecule has 1 atom stereocenters. The van der Waals surface area contributed by atoms with Crippen LogP contribution < -0.4 is 24.3 Å². The molecule has 132 valence electrons. The first-order valence-corrected chi connectivity index (χ1v) is 8.11. The lowest BCUT2D eigenvalue weighted by Gasteiger charge is -2.21. The Bertz CT molecular complexity index is 729. The molecule has 0 saturated heterocycles. The Labute approximate surface area is 146 Å². The molecule has 2 aromatic rings. The zero-order valence-electron chi connectivity index (χ0n) is 14.3. The smallest absolute Gasteiger partial charge is 0.258 e. The van der Waals surface area contributed by atoms with Crippen LogP contribution in [0.15, 0.2) is 42.5 Å². The van der Waals surface area contributed by atoms with Crippen LogP contribution in [0.1, 0.15) is 18.5 Å². The molecule has 0 saturated carbocycles. The van der Waals surface area contributed by atoms with Crippen LogP contribution in [-0.4, -0.2) is 32.8 Å². The monoisotopic (exact) mass is 343 g/mol. The summed E-state index contributed by atoms with van der Waals surface area (Å²) in [6.07, 6.45) is 0. The van der Waals surface area contributed by atoms with Gasteiger partial charge in [-0.05, 0) is 48.9 Å². The molecule has 6 heteroatoms. The van der Waals surface area contributed by atoms with Crippen molar-refractivity contribution in [2.45, 2.75) is 13.0 Å². The van der Waals surface area contributed by atoms with Crippen LogP contribution in [0, 0.1) is 0 Å². The molecule has 1 heterocycles. The molecule has 1 N–H and O–H groups in total. The maximum absolute atomic E-state index is 12.1. The van der Waals surface area contributed by atoms with E-state index >= 15 is 0 Å². The van der Waals surface area contributed by atoms with Crippen molar-refractivity contribution in [1.82, 2.24) is 5.32 Å². The first kappa shape index (κ1) is 17.0. The van der Waals surface area contributed by atoms with E-state index in [1.54, 1.807) is 31.4 Å². The van der Waals surface area contributed by atoms with Crippen molar-refractivity contribution < 1.29 is 23.7 Å². The molecular formula is C19H21NO5. The Morgan fingerprint density at radius 1 is 1.08 bits per heavy atom. The summed E-state index contributed by atoms with van der Waals surface area (Å²) in [5.41, 5.74) is 0.946. The summed E-state index contributed by atoms with van der Waals surface area (Å²) in [4.78, 5) is 12.1. The zero-order valence-corrected chi connectivity index (χ0v) is 14.3. The van der Waals surface area contributed by atoms with Gasteiger partial charge in [-0.3, -0.25) is 4.79 Å². The molecule has 0 aliphatic carbocycles. The van der Waals surface area contributed by atoms with Gasteiger partial charge in [-0.2, -0.15) is 0 Å². The average molecular weight is 343 g/mol. The lowest BCUT2D eigenvalue weighted by molar-refractivity contribution is -0.123. The lowest BCUT2D eigenvalue weighted by atomic mass is 10.1. The fourth-order valence-corrected chi connectivity index (χ4v) is 2.52. The van der Waals surface area contributed by atoms with Crippen LogP contribution >= 0.6 is 0 Å². The van der Waals surface area contributed by atoms with Crippen LogP contribution in [-0.2, 0) is 4.79 Å². The first-order valence-electron chi connectivity index (χ1n) is 8.11. The highest BCUT2D eigenvalue weighted by Crippen LogP contribution is 2.32. The standard InChI is InChI=1S/C19H21NO5/c1-13(14-3-8-17-18(11-14)24-10-9-23-17)20-19(21)12-25-16-6-4-15(22-2)5-7-16/h3-8,11,13H,9-10,12H2,1-2H3,(H,20,21)/t13-/m0/s1. The molecule has 2 aromatic carbocycles. The van der Waals surface area contributed by atoms with E-state index in [9.17, 15) is 4.79 Å². The van der Waals surface area contributed by atoms with Crippen LogP contribution in [0.2, 0.25) is 0 Å². The van der Waals surface area contributed by atoms with Gasteiger partial charge >= 0.3 is 0 Å². The molecule has 6 nitrogen and oxygen atoms in total. The van der Waals surface area contributed by atoms with E-state index in [4.69, 9.17) is 18.9 Å². The van der Waals surface area contributed by atoms with Gasteiger partial charge < -0.3 is 24.3 Å². The quantitative estimate of drug-likeness (QED) is 0.874. The van der Waals surface area contributed by atoms with E-state index in [0.29, 0.717) is 24.7 Å². The number of hydrogen-bond donors (Lipinski definition) is 1. The lowest BCUT2D eigenvalue weighted by Crippen LogP contribution is -2.31. The summed E-state index contributed by atoms with van der Waals surface area (Å²) in [5, 5.41) is 2.91. The zero-order chi connectivity index (χ0) is 17.6. The number of methoxy groups -OCH3 is 1. The SMILES string of the molecule is COc1ccc(OCC(=O)N[C@@H](C)c2ccc3c(c2)OCCO3)cc1. The number of hydrogen-bond acceptors (Lipinski definition) is 5. The summed E-state index contributed by atoms with van der Waals surface area (Å²) in [7, 11) is 1.60. The highest BCUT2D eigenvalue weighted by Gasteiger charge is 2.16. The Morgan fingerprint density at radius 3 is 2.48 bits per heavy atom. The number of amides is 1. The van der Waals surface area contributed by atoms with Crippen molar-refractivity contribution in [3.63, 3.8) is 0 Å². The molecule has 0 unspecified atom stereocenters. The van der Waals surface area contributed by atoms with Crippen LogP contribution in [0.25, 0.3) is 0 Å². The van der Waals surface area contributed by atoms with E-state index < -0.39 is 0 Å². The topological polar surface area (TPSA) is 66.0 Å². The number of carbonyl (C=O) groups excluding carboxylic acids is 1. The third-order valence-electron chi connectivity index (χ3n) is 3.87. The molecule has 1 aliphatic rings. The molecule has 1 amide bonds. The Kier molecular flexibility index (Phi) is 5.28. The second-order valence-corrected chi connectivity index (χ2v) is 5.66. The van der Waals surface area contributed by atoms with Gasteiger partial charge in [-0.15, -0.1) is 0 Å². The van der Waals surface area contributed by atoms with Gasteiger partial charge in [0.05, 0.1) is 13.2 Å². The predicted octanol–water partition coefficient (Wildman–Crippen LogP) is 2.72. The Hall–Kier alpha value is -2.89. The number of carbonyl (C=O) groups is 1. The molecule has 0 fully saturated rings. The van der Waals surface area contributed by atoms with Crippen LogP contribution in [0.3, 0.4) is 0 Å². The molecule has 3 rings (SSSR count). The van der Waals surface area contributed by atoms with Crippen molar-refractivity contribution in [2.75, 3.05) is 26.9 Å². The van der Waals surface area contributed by atoms with Crippen LogP contribution in [0.5, 0.6) is 23.0 Å². The van der Waals surface area contributed by atoms with Gasteiger partial charge in [-0.1, -0.05) is 6.07 Å². The Morgan fingerprint density at radius 2 is 1.76 bits per heavy atom. The van der Waals surface area contributed by atoms with E-state index in [1.807, 2.05) is 25.1 Å². The minimum absolute atomic E-state index is 0.0543. The van der Waals surface area contributed by atoms with Crippen molar-refractivity contribution in [3.8, 4) is 23.0 Å². The number of rotatable bonds is 6. The van der Waals surface area contributed by atoms with Crippen LogP contribution in [0.4, 0.5) is 0 Å². The normalized spacial score (nSPS) is 13.7. The Balaban J connectivity index is 1.53. The highest BCUT2D eigenvalue weighted by molar-refractivity contribution is 5.78. The number of ether oxygens (including phenoxy) is 4. The molecule has 0 bridgehead atoms. The fourth-order valence-electron chi connectivity index (χ4n) is 2.52. The van der Waals surface area contributed by atoms with Gasteiger partial charge in [0, 0.05) is 0 Å². The minimum atomic E-state index is -0.196. The molecule has 0 aromatic heterocycles. The van der Waals surface area contributed by atoms with Gasteiger partial charge in [0.15, 0.2) is 18.1 Å². The van der Waals surface area contributed by atoms with Crippen molar-refractivity contribution >= 4 is 5.91 Å². The summed E-state index contributed by atoms with van der Waals surface area (Å²) in [6, 6.07) is 12.6. The molecule has 1 aliphatic heterocycles. The fraction of sp³-hybridized carbons (Fsp3) is 0.316. The highest BCUT2D eigenvalue weighted by atomic mass is 16.6. The van der Waals surface area contributed by atoms with Crippen molar-refractivity contribution in [1.29, 1.82) is 0 Å². The summed E-state index contributed by atoms with van der Waals surface area (Å²) in [6.45, 7) is 2.95. The van der Waals surface area contributed by atoms with Crippen molar-refractivity contribution in [3.05, 3.63) is 48.0 Å². The summed E-state index contributed by atoms with van der Waals surface area (Å²) < 4.78 is 21.6. The van der Waals surface area contributed by atoms with Gasteiger partial charge in [0.1, 0.15) is 24.7 Å². The summed E-state index contributed by atoms with van der Waals surface area (Å²) >= 11 is 0.